The van der Waals surface area contributed by atoms with E-state index in [1.807, 2.05) is 0 Å². The number of halogens is 2. The Balaban J connectivity index is 2.60. The zero-order valence-corrected chi connectivity index (χ0v) is 15.8. The van der Waals surface area contributed by atoms with Gasteiger partial charge in [0.25, 0.3) is 10.1 Å². The van der Waals surface area contributed by atoms with Crippen molar-refractivity contribution < 1.29 is 27.6 Å². The molecule has 0 aliphatic rings. The first-order chi connectivity index (χ1) is 11.6. The molecule has 0 spiro atoms. The van der Waals surface area contributed by atoms with Gasteiger partial charge in [-0.2, -0.15) is 8.42 Å². The van der Waals surface area contributed by atoms with Crippen molar-refractivity contribution in [2.24, 2.45) is 0 Å². The predicted octanol–water partition coefficient (Wildman–Crippen LogP) is 2.61. The van der Waals surface area contributed by atoms with Crippen molar-refractivity contribution in [3.8, 4) is 0 Å². The lowest BCUT2D eigenvalue weighted by molar-refractivity contribution is 0.115. The summed E-state index contributed by atoms with van der Waals surface area (Å²) in [4.78, 5) is -0.304. The first kappa shape index (κ1) is 20.0. The molecule has 25 heavy (non-hydrogen) atoms. The molecule has 0 atom stereocenters. The summed E-state index contributed by atoms with van der Waals surface area (Å²) in [5, 5.41) is 19.8. The molecule has 0 heterocycles. The zero-order chi connectivity index (χ0) is 18.8. The second-order valence-electron chi connectivity index (χ2n) is 5.99. The Morgan fingerprint density at radius 2 is 1.76 bits per heavy atom. The summed E-state index contributed by atoms with van der Waals surface area (Å²) >= 11 is 3.04. The molecule has 0 aromatic heterocycles. The molecule has 0 unspecified atom stereocenters. The van der Waals surface area contributed by atoms with Crippen molar-refractivity contribution in [1.29, 1.82) is 0 Å². The van der Waals surface area contributed by atoms with E-state index in [2.05, 4.69) is 15.9 Å². The van der Waals surface area contributed by atoms with Crippen LogP contribution < -0.4 is 0 Å². The lowest BCUT2D eigenvalue weighted by Crippen LogP contribution is -2.38. The SMILES string of the molecule is Cc1ccc(S(=O)(=O)O)c(CC(CO)(CO)c2ccc(Br)c(F)c2)c1. The van der Waals surface area contributed by atoms with Crippen LogP contribution in [0.15, 0.2) is 45.8 Å². The molecular weight excluding hydrogens is 415 g/mol. The highest BCUT2D eigenvalue weighted by Gasteiger charge is 2.34. The Hall–Kier alpha value is -1.32. The molecule has 0 aliphatic carbocycles. The fraction of sp³-hybridized carbons (Fsp3) is 0.294. The van der Waals surface area contributed by atoms with Crippen LogP contribution in [0.4, 0.5) is 4.39 Å². The van der Waals surface area contributed by atoms with Gasteiger partial charge in [0.1, 0.15) is 5.82 Å². The average Bonchev–Trinajstić information content (AvgIpc) is 2.54. The van der Waals surface area contributed by atoms with E-state index in [-0.39, 0.29) is 21.4 Å². The Kier molecular flexibility index (Phi) is 6.01. The molecular formula is C17H18BrFO5S. The molecule has 0 radical (unpaired) electrons. The summed E-state index contributed by atoms with van der Waals surface area (Å²) in [7, 11) is -4.48. The van der Waals surface area contributed by atoms with Gasteiger partial charge in [-0.1, -0.05) is 23.8 Å². The predicted molar refractivity (Wildman–Crippen MR) is 94.6 cm³/mol. The lowest BCUT2D eigenvalue weighted by Gasteiger charge is -2.31. The third-order valence-electron chi connectivity index (χ3n) is 4.16. The fourth-order valence-electron chi connectivity index (χ4n) is 2.74. The van der Waals surface area contributed by atoms with Crippen LogP contribution in [0.5, 0.6) is 0 Å². The number of hydrogen-bond donors (Lipinski definition) is 3. The van der Waals surface area contributed by atoms with Crippen molar-refractivity contribution in [3.63, 3.8) is 0 Å². The van der Waals surface area contributed by atoms with Gasteiger partial charge < -0.3 is 10.2 Å². The number of benzene rings is 2. The molecule has 0 fully saturated rings. The van der Waals surface area contributed by atoms with Crippen LogP contribution in [0.25, 0.3) is 0 Å². The normalized spacial score (nSPS) is 12.4. The number of hydrogen-bond acceptors (Lipinski definition) is 4. The first-order valence-corrected chi connectivity index (χ1v) is 9.60. The van der Waals surface area contributed by atoms with E-state index < -0.39 is 34.6 Å². The third kappa shape index (κ3) is 4.27. The topological polar surface area (TPSA) is 94.8 Å². The van der Waals surface area contributed by atoms with Gasteiger partial charge in [-0.05, 0) is 58.6 Å². The summed E-state index contributed by atoms with van der Waals surface area (Å²) in [6, 6.07) is 8.53. The minimum absolute atomic E-state index is 0.0993. The van der Waals surface area contributed by atoms with E-state index in [0.717, 1.165) is 5.56 Å². The summed E-state index contributed by atoms with van der Waals surface area (Å²) in [5.41, 5.74) is -0.0153. The van der Waals surface area contributed by atoms with Gasteiger partial charge in [0.05, 0.1) is 22.6 Å². The van der Waals surface area contributed by atoms with Gasteiger partial charge in [-0.25, -0.2) is 4.39 Å². The molecule has 5 nitrogen and oxygen atoms in total. The van der Waals surface area contributed by atoms with E-state index in [0.29, 0.717) is 5.56 Å². The van der Waals surface area contributed by atoms with Crippen molar-refractivity contribution >= 4 is 26.0 Å². The Morgan fingerprint density at radius 1 is 1.12 bits per heavy atom. The lowest BCUT2D eigenvalue weighted by atomic mass is 9.76. The third-order valence-corrected chi connectivity index (χ3v) is 5.76. The summed E-state index contributed by atoms with van der Waals surface area (Å²) < 4.78 is 46.8. The van der Waals surface area contributed by atoms with Gasteiger partial charge in [0.15, 0.2) is 0 Å². The van der Waals surface area contributed by atoms with Crippen molar-refractivity contribution in [1.82, 2.24) is 0 Å². The largest absolute Gasteiger partial charge is 0.395 e. The molecule has 8 heteroatoms. The minimum Gasteiger partial charge on any atom is -0.395 e. The van der Waals surface area contributed by atoms with Crippen LogP contribution in [0.2, 0.25) is 0 Å². The van der Waals surface area contributed by atoms with Crippen LogP contribution >= 0.6 is 15.9 Å². The highest BCUT2D eigenvalue weighted by atomic mass is 79.9. The molecule has 2 aromatic carbocycles. The molecule has 0 amide bonds. The molecule has 0 saturated heterocycles. The van der Waals surface area contributed by atoms with Gasteiger partial charge >= 0.3 is 0 Å². The molecule has 136 valence electrons. The first-order valence-electron chi connectivity index (χ1n) is 7.37. The van der Waals surface area contributed by atoms with E-state index in [9.17, 15) is 27.6 Å². The Labute approximate surface area is 154 Å². The van der Waals surface area contributed by atoms with E-state index >= 15 is 0 Å². The maximum atomic E-state index is 13.9. The monoisotopic (exact) mass is 432 g/mol. The fourth-order valence-corrected chi connectivity index (χ4v) is 3.68. The smallest absolute Gasteiger partial charge is 0.294 e. The highest BCUT2D eigenvalue weighted by Crippen LogP contribution is 2.32. The number of aryl methyl sites for hydroxylation is 1. The summed E-state index contributed by atoms with van der Waals surface area (Å²) in [6.45, 7) is 0.670. The standard InChI is InChI=1S/C17H18BrFO5S/c1-11-2-5-16(25(22,23)24)12(6-11)8-17(9-20,10-21)13-3-4-14(18)15(19)7-13/h2-7,20-21H,8-10H2,1H3,(H,22,23,24). The quantitative estimate of drug-likeness (QED) is 0.609. The second-order valence-corrected chi connectivity index (χ2v) is 8.23. The molecule has 0 saturated carbocycles. The molecule has 0 bridgehead atoms. The molecule has 0 aliphatic heterocycles. The molecule has 2 rings (SSSR count). The van der Waals surface area contributed by atoms with E-state index in [4.69, 9.17) is 0 Å². The van der Waals surface area contributed by atoms with Gasteiger partial charge in [0, 0.05) is 5.41 Å². The number of aliphatic hydroxyl groups excluding tert-OH is 2. The van der Waals surface area contributed by atoms with Crippen molar-refractivity contribution in [2.45, 2.75) is 23.7 Å². The molecule has 2 aromatic rings. The summed E-state index contributed by atoms with van der Waals surface area (Å²) in [5.74, 6) is -0.567. The Morgan fingerprint density at radius 3 is 2.28 bits per heavy atom. The van der Waals surface area contributed by atoms with Crippen LogP contribution in [-0.4, -0.2) is 36.4 Å². The minimum atomic E-state index is -4.48. The van der Waals surface area contributed by atoms with Crippen molar-refractivity contribution in [2.75, 3.05) is 13.2 Å². The van der Waals surface area contributed by atoms with Gasteiger partial charge in [0.2, 0.25) is 0 Å². The second kappa shape index (κ2) is 7.51. The maximum absolute atomic E-state index is 13.9. The van der Waals surface area contributed by atoms with E-state index in [1.54, 1.807) is 19.1 Å². The highest BCUT2D eigenvalue weighted by molar-refractivity contribution is 9.10. The van der Waals surface area contributed by atoms with Crippen LogP contribution in [0, 0.1) is 12.7 Å². The van der Waals surface area contributed by atoms with Crippen LogP contribution in [0.1, 0.15) is 16.7 Å². The molecule has 3 N–H and O–H groups in total. The van der Waals surface area contributed by atoms with Crippen LogP contribution in [0.3, 0.4) is 0 Å². The van der Waals surface area contributed by atoms with E-state index in [1.165, 1.54) is 24.3 Å². The summed E-state index contributed by atoms with van der Waals surface area (Å²) in [6.07, 6.45) is -0.0993. The zero-order valence-electron chi connectivity index (χ0n) is 13.4. The van der Waals surface area contributed by atoms with Gasteiger partial charge in [-0.3, -0.25) is 4.55 Å². The average molecular weight is 433 g/mol. The van der Waals surface area contributed by atoms with Gasteiger partial charge in [-0.15, -0.1) is 0 Å². The Bertz CT molecular complexity index is 879. The van der Waals surface area contributed by atoms with Crippen molar-refractivity contribution in [3.05, 3.63) is 63.4 Å². The van der Waals surface area contributed by atoms with Crippen LogP contribution in [-0.2, 0) is 22.0 Å². The number of rotatable bonds is 6. The maximum Gasteiger partial charge on any atom is 0.294 e. The number of aliphatic hydroxyl groups is 2.